The normalized spacial score (nSPS) is 11.2. The van der Waals surface area contributed by atoms with Crippen LogP contribution < -0.4 is 14.9 Å². The second-order valence-corrected chi connectivity index (χ2v) is 8.07. The van der Waals surface area contributed by atoms with Gasteiger partial charge in [0.15, 0.2) is 0 Å². The molecule has 0 radical (unpaired) electrons. The molecular weight excluding hydrogens is 362 g/mol. The number of carbonyl (C=O) groups is 1. The molecule has 0 saturated carbocycles. The van der Waals surface area contributed by atoms with Crippen molar-refractivity contribution in [2.24, 2.45) is 0 Å². The third kappa shape index (κ3) is 7.03. The van der Waals surface area contributed by atoms with Crippen molar-refractivity contribution in [3.05, 3.63) is 60.2 Å². The van der Waals surface area contributed by atoms with Crippen LogP contribution in [-0.2, 0) is 21.2 Å². The molecule has 2 rings (SSSR count). The molecule has 0 aliphatic heterocycles. The predicted octanol–water partition coefficient (Wildman–Crippen LogP) is 2.63. The van der Waals surface area contributed by atoms with Crippen LogP contribution in [0.1, 0.15) is 19.4 Å². The van der Waals surface area contributed by atoms with Crippen molar-refractivity contribution in [3.63, 3.8) is 0 Å². The fourth-order valence-electron chi connectivity index (χ4n) is 2.69. The van der Waals surface area contributed by atoms with Gasteiger partial charge in [-0.2, -0.15) is 0 Å². The van der Waals surface area contributed by atoms with Gasteiger partial charge in [0.2, 0.25) is 15.9 Å². The van der Waals surface area contributed by atoms with Crippen molar-refractivity contribution in [3.8, 4) is 0 Å². The number of nitrogens with one attached hydrogen (secondary N) is 2. The molecule has 0 atom stereocenters. The number of amides is 1. The Morgan fingerprint density at radius 2 is 1.59 bits per heavy atom. The average Bonchev–Trinajstić information content (AvgIpc) is 2.68. The maximum absolute atomic E-state index is 12.0. The van der Waals surface area contributed by atoms with Gasteiger partial charge in [0.05, 0.1) is 12.3 Å². The van der Waals surface area contributed by atoms with Gasteiger partial charge in [-0.1, -0.05) is 30.3 Å². The quantitative estimate of drug-likeness (QED) is 0.655. The number of anilines is 2. The van der Waals surface area contributed by atoms with E-state index in [1.165, 1.54) is 0 Å². The molecule has 2 N–H and O–H groups in total. The molecule has 27 heavy (non-hydrogen) atoms. The summed E-state index contributed by atoms with van der Waals surface area (Å²) in [7, 11) is -3.51. The van der Waals surface area contributed by atoms with E-state index in [0.717, 1.165) is 24.3 Å². The van der Waals surface area contributed by atoms with E-state index in [2.05, 4.69) is 28.8 Å². The third-order valence-electron chi connectivity index (χ3n) is 4.23. The molecule has 0 saturated heterocycles. The van der Waals surface area contributed by atoms with Crippen LogP contribution >= 0.6 is 0 Å². The zero-order valence-corrected chi connectivity index (χ0v) is 16.6. The monoisotopic (exact) mass is 389 g/mol. The molecule has 0 bridgehead atoms. The van der Waals surface area contributed by atoms with E-state index in [1.807, 2.05) is 54.6 Å². The average molecular weight is 390 g/mol. The maximum Gasteiger partial charge on any atom is 0.239 e. The van der Waals surface area contributed by atoms with Crippen LogP contribution in [0.2, 0.25) is 0 Å². The lowest BCUT2D eigenvalue weighted by atomic mass is 10.2. The summed E-state index contributed by atoms with van der Waals surface area (Å²) >= 11 is 0. The Bertz CT molecular complexity index is 817. The molecule has 0 aliphatic carbocycles. The molecule has 6 nitrogen and oxygen atoms in total. The first-order valence-electron chi connectivity index (χ1n) is 9.09. The molecule has 0 aliphatic rings. The number of sulfonamides is 1. The van der Waals surface area contributed by atoms with Crippen molar-refractivity contribution < 1.29 is 13.2 Å². The molecule has 2 aromatic carbocycles. The number of hydrogen-bond acceptors (Lipinski definition) is 4. The van der Waals surface area contributed by atoms with Crippen LogP contribution in [0.5, 0.6) is 0 Å². The number of aryl methyl sites for hydroxylation is 1. The molecule has 0 unspecified atom stereocenters. The molecular formula is C20H27N3O3S. The Kier molecular flexibility index (Phi) is 7.82. The Balaban J connectivity index is 1.81. The van der Waals surface area contributed by atoms with Crippen LogP contribution in [0.25, 0.3) is 0 Å². The third-order valence-corrected chi connectivity index (χ3v) is 5.56. The minimum Gasteiger partial charge on any atom is -0.372 e. The topological polar surface area (TPSA) is 78.5 Å². The molecule has 0 spiro atoms. The van der Waals surface area contributed by atoms with Crippen molar-refractivity contribution >= 4 is 27.3 Å². The number of nitrogens with zero attached hydrogens (tertiary/aromatic N) is 1. The van der Waals surface area contributed by atoms with Crippen molar-refractivity contribution in [2.75, 3.05) is 35.6 Å². The molecule has 0 aromatic heterocycles. The van der Waals surface area contributed by atoms with Gasteiger partial charge in [-0.05, 0) is 50.1 Å². The molecule has 0 heterocycles. The first kappa shape index (κ1) is 20.9. The zero-order valence-electron chi connectivity index (χ0n) is 15.8. The molecule has 2 aromatic rings. The summed E-state index contributed by atoms with van der Waals surface area (Å²) in [5.74, 6) is -0.447. The highest BCUT2D eigenvalue weighted by molar-refractivity contribution is 7.89. The summed E-state index contributed by atoms with van der Waals surface area (Å²) in [4.78, 5) is 14.2. The van der Waals surface area contributed by atoms with E-state index in [1.54, 1.807) is 0 Å². The van der Waals surface area contributed by atoms with Gasteiger partial charge in [0.25, 0.3) is 0 Å². The van der Waals surface area contributed by atoms with Crippen LogP contribution in [0, 0.1) is 0 Å². The summed E-state index contributed by atoms with van der Waals surface area (Å²) in [6.45, 7) is 5.71. The minimum atomic E-state index is -3.51. The number of rotatable bonds is 10. The fourth-order valence-corrected chi connectivity index (χ4v) is 3.69. The van der Waals surface area contributed by atoms with Gasteiger partial charge in [-0.25, -0.2) is 13.1 Å². The van der Waals surface area contributed by atoms with E-state index in [-0.39, 0.29) is 12.3 Å². The van der Waals surface area contributed by atoms with Gasteiger partial charge in [-0.15, -0.1) is 0 Å². The second kappa shape index (κ2) is 10.1. The Labute approximate surface area is 161 Å². The lowest BCUT2D eigenvalue weighted by Crippen LogP contribution is -2.34. The number of hydrogen-bond donors (Lipinski definition) is 2. The standard InChI is InChI=1S/C20H27N3O3S/c1-3-23(4-2)19-12-10-18(11-13-19)22-20(24)16-21-27(25,26)15-14-17-8-6-5-7-9-17/h5-13,21H,3-4,14-16H2,1-2H3,(H,22,24). The minimum absolute atomic E-state index is 0.0527. The zero-order chi connectivity index (χ0) is 19.7. The summed E-state index contributed by atoms with van der Waals surface area (Å²) in [6.07, 6.45) is 0.407. The summed E-state index contributed by atoms with van der Waals surface area (Å²) in [6, 6.07) is 16.9. The number of benzene rings is 2. The van der Waals surface area contributed by atoms with E-state index in [0.29, 0.717) is 12.1 Å². The fraction of sp³-hybridized carbons (Fsp3) is 0.350. The lowest BCUT2D eigenvalue weighted by Gasteiger charge is -2.21. The molecule has 1 amide bonds. The summed E-state index contributed by atoms with van der Waals surface area (Å²) < 4.78 is 26.4. The first-order valence-corrected chi connectivity index (χ1v) is 10.7. The first-order chi connectivity index (χ1) is 12.9. The van der Waals surface area contributed by atoms with Crippen molar-refractivity contribution in [2.45, 2.75) is 20.3 Å². The second-order valence-electron chi connectivity index (χ2n) is 6.14. The van der Waals surface area contributed by atoms with Crippen LogP contribution in [0.4, 0.5) is 11.4 Å². The number of carbonyl (C=O) groups excluding carboxylic acids is 1. The molecule has 146 valence electrons. The van der Waals surface area contributed by atoms with Crippen LogP contribution in [-0.4, -0.2) is 39.7 Å². The van der Waals surface area contributed by atoms with Crippen LogP contribution in [0.15, 0.2) is 54.6 Å². The van der Waals surface area contributed by atoms with E-state index in [4.69, 9.17) is 0 Å². The highest BCUT2D eigenvalue weighted by Gasteiger charge is 2.13. The molecule has 0 fully saturated rings. The smallest absolute Gasteiger partial charge is 0.239 e. The van der Waals surface area contributed by atoms with Gasteiger partial charge in [0, 0.05) is 24.5 Å². The SMILES string of the molecule is CCN(CC)c1ccc(NC(=O)CNS(=O)(=O)CCc2ccccc2)cc1. The summed E-state index contributed by atoms with van der Waals surface area (Å²) in [5, 5.41) is 2.71. The lowest BCUT2D eigenvalue weighted by molar-refractivity contribution is -0.115. The summed E-state index contributed by atoms with van der Waals surface area (Å²) in [5.41, 5.74) is 2.67. The largest absolute Gasteiger partial charge is 0.372 e. The molecule has 7 heteroatoms. The predicted molar refractivity (Wildman–Crippen MR) is 111 cm³/mol. The maximum atomic E-state index is 12.0. The van der Waals surface area contributed by atoms with E-state index >= 15 is 0 Å². The van der Waals surface area contributed by atoms with Gasteiger partial charge < -0.3 is 10.2 Å². The highest BCUT2D eigenvalue weighted by Crippen LogP contribution is 2.17. The van der Waals surface area contributed by atoms with Gasteiger partial charge in [0.1, 0.15) is 0 Å². The van der Waals surface area contributed by atoms with Crippen LogP contribution in [0.3, 0.4) is 0 Å². The Hall–Kier alpha value is -2.38. The van der Waals surface area contributed by atoms with Gasteiger partial charge in [-0.3, -0.25) is 4.79 Å². The van der Waals surface area contributed by atoms with Crippen molar-refractivity contribution in [1.82, 2.24) is 4.72 Å². The van der Waals surface area contributed by atoms with E-state index in [9.17, 15) is 13.2 Å². The van der Waals surface area contributed by atoms with E-state index < -0.39 is 15.9 Å². The Morgan fingerprint density at radius 1 is 0.963 bits per heavy atom. The Morgan fingerprint density at radius 3 is 2.19 bits per heavy atom. The highest BCUT2D eigenvalue weighted by atomic mass is 32.2. The van der Waals surface area contributed by atoms with Gasteiger partial charge >= 0.3 is 0 Å². The van der Waals surface area contributed by atoms with Crippen molar-refractivity contribution in [1.29, 1.82) is 0 Å².